The molecular weight excluding hydrogens is 322 g/mol. The van der Waals surface area contributed by atoms with Crippen molar-refractivity contribution in [2.75, 3.05) is 5.32 Å². The van der Waals surface area contributed by atoms with Crippen molar-refractivity contribution in [1.82, 2.24) is 0 Å². The number of hydrogen-bond donors (Lipinski definition) is 3. The number of cyclic esters (lactones) is 2. The summed E-state index contributed by atoms with van der Waals surface area (Å²) < 4.78 is 9.77. The molecule has 1 heterocycles. The number of nitrogens with one attached hydrogen (secondary N) is 1. The highest BCUT2D eigenvalue weighted by Crippen LogP contribution is 2.24. The smallest absolute Gasteiger partial charge is 0.350 e. The summed E-state index contributed by atoms with van der Waals surface area (Å²) in [6, 6.07) is 3.73. The number of benzene rings is 1. The summed E-state index contributed by atoms with van der Waals surface area (Å²) in [4.78, 5) is 46.0. The summed E-state index contributed by atoms with van der Waals surface area (Å²) in [5, 5.41) is 20.7. The highest BCUT2D eigenvalue weighted by Gasteiger charge is 2.39. The molecule has 126 valence electrons. The fourth-order valence-electron chi connectivity index (χ4n) is 2.01. The Morgan fingerprint density at radius 2 is 1.67 bits per heavy atom. The third-order valence-electron chi connectivity index (χ3n) is 3.00. The third kappa shape index (κ3) is 3.35. The third-order valence-corrected chi connectivity index (χ3v) is 3.00. The summed E-state index contributed by atoms with van der Waals surface area (Å²) >= 11 is 0. The van der Waals surface area contributed by atoms with E-state index in [1.54, 1.807) is 0 Å². The van der Waals surface area contributed by atoms with Gasteiger partial charge in [-0.25, -0.2) is 19.2 Å². The number of anilines is 1. The molecule has 1 aromatic rings. The Balaban J connectivity index is 2.37. The molecule has 24 heavy (non-hydrogen) atoms. The van der Waals surface area contributed by atoms with Crippen molar-refractivity contribution in [2.24, 2.45) is 0 Å². The van der Waals surface area contributed by atoms with E-state index in [0.717, 1.165) is 12.3 Å². The lowest BCUT2D eigenvalue weighted by atomic mass is 10.1. The van der Waals surface area contributed by atoms with Crippen LogP contribution >= 0.6 is 0 Å². The lowest BCUT2D eigenvalue weighted by molar-refractivity contribution is -0.222. The highest BCUT2D eigenvalue weighted by molar-refractivity contribution is 6.15. The van der Waals surface area contributed by atoms with Crippen molar-refractivity contribution in [3.8, 4) is 0 Å². The number of rotatable bonds is 4. The summed E-state index contributed by atoms with van der Waals surface area (Å²) in [6.07, 6.45) is 0.910. The summed E-state index contributed by atoms with van der Waals surface area (Å²) in [5.74, 6) is -6.21. The number of aromatic carboxylic acids is 2. The van der Waals surface area contributed by atoms with Crippen LogP contribution in [-0.4, -0.2) is 39.9 Å². The van der Waals surface area contributed by atoms with E-state index >= 15 is 0 Å². The molecule has 1 aliphatic rings. The Bertz CT molecular complexity index is 756. The van der Waals surface area contributed by atoms with Crippen molar-refractivity contribution in [3.63, 3.8) is 0 Å². The van der Waals surface area contributed by atoms with E-state index in [4.69, 9.17) is 14.6 Å². The minimum absolute atomic E-state index is 0.111. The van der Waals surface area contributed by atoms with Gasteiger partial charge in [-0.2, -0.15) is 0 Å². The second-order valence-corrected chi connectivity index (χ2v) is 5.22. The van der Waals surface area contributed by atoms with Crippen LogP contribution in [0, 0.1) is 0 Å². The maximum absolute atomic E-state index is 11.8. The topological polar surface area (TPSA) is 139 Å². The van der Waals surface area contributed by atoms with Crippen LogP contribution in [0.2, 0.25) is 0 Å². The number of carbonyl (C=O) groups excluding carboxylic acids is 2. The number of carboxylic acid groups (broad SMARTS) is 2. The predicted octanol–water partition coefficient (Wildman–Crippen LogP) is 1.21. The van der Waals surface area contributed by atoms with Crippen LogP contribution in [0.25, 0.3) is 0 Å². The second-order valence-electron chi connectivity index (χ2n) is 5.22. The zero-order chi connectivity index (χ0) is 18.1. The standard InChI is InChI=1S/C15H13NO8/c1-15(2)23-13(21)8(14(22)24-15)6-16-9-5-3-4-7(11(17)18)10(9)12(19)20/h3-6,16H,1-2H3,(H,17,18)(H,19,20). The molecule has 9 nitrogen and oxygen atoms in total. The molecule has 1 aliphatic heterocycles. The van der Waals surface area contributed by atoms with Gasteiger partial charge >= 0.3 is 23.9 Å². The van der Waals surface area contributed by atoms with Crippen molar-refractivity contribution >= 4 is 29.6 Å². The number of carbonyl (C=O) groups is 4. The Hall–Kier alpha value is -3.36. The molecule has 0 spiro atoms. The average molecular weight is 335 g/mol. The minimum Gasteiger partial charge on any atom is -0.478 e. The monoisotopic (exact) mass is 335 g/mol. The van der Waals surface area contributed by atoms with E-state index in [0.29, 0.717) is 0 Å². The van der Waals surface area contributed by atoms with Gasteiger partial charge in [-0.05, 0) is 12.1 Å². The van der Waals surface area contributed by atoms with E-state index in [1.807, 2.05) is 0 Å². The molecule has 0 aromatic heterocycles. The van der Waals surface area contributed by atoms with Crippen molar-refractivity contribution in [3.05, 3.63) is 41.1 Å². The van der Waals surface area contributed by atoms with Crippen molar-refractivity contribution < 1.29 is 38.9 Å². The Morgan fingerprint density at radius 1 is 1.08 bits per heavy atom. The van der Waals surface area contributed by atoms with E-state index in [2.05, 4.69) is 5.32 Å². The lowest BCUT2D eigenvalue weighted by Gasteiger charge is -2.29. The van der Waals surface area contributed by atoms with Gasteiger partial charge in [0.05, 0.1) is 16.8 Å². The predicted molar refractivity (Wildman–Crippen MR) is 78.3 cm³/mol. The average Bonchev–Trinajstić information content (AvgIpc) is 2.44. The largest absolute Gasteiger partial charge is 0.478 e. The van der Waals surface area contributed by atoms with Gasteiger partial charge in [0.15, 0.2) is 5.57 Å². The van der Waals surface area contributed by atoms with Gasteiger partial charge in [0.2, 0.25) is 0 Å². The Labute approximate surface area is 135 Å². The van der Waals surface area contributed by atoms with Gasteiger partial charge < -0.3 is 25.0 Å². The normalized spacial score (nSPS) is 16.0. The highest BCUT2D eigenvalue weighted by atomic mass is 16.7. The molecule has 1 aromatic carbocycles. The molecule has 0 amide bonds. The van der Waals surface area contributed by atoms with Gasteiger partial charge in [-0.3, -0.25) is 0 Å². The first-order valence-electron chi connectivity index (χ1n) is 6.65. The summed E-state index contributed by atoms with van der Waals surface area (Å²) in [7, 11) is 0. The van der Waals surface area contributed by atoms with Gasteiger partial charge in [0, 0.05) is 20.0 Å². The maximum Gasteiger partial charge on any atom is 0.350 e. The van der Waals surface area contributed by atoms with Crippen LogP contribution in [0.1, 0.15) is 34.6 Å². The van der Waals surface area contributed by atoms with Crippen LogP contribution in [0.3, 0.4) is 0 Å². The number of esters is 2. The molecule has 0 unspecified atom stereocenters. The Kier molecular flexibility index (Phi) is 4.27. The zero-order valence-corrected chi connectivity index (χ0v) is 12.7. The van der Waals surface area contributed by atoms with Crippen molar-refractivity contribution in [2.45, 2.75) is 19.6 Å². The van der Waals surface area contributed by atoms with Gasteiger partial charge in [0.25, 0.3) is 5.79 Å². The van der Waals surface area contributed by atoms with Gasteiger partial charge in [-0.1, -0.05) is 6.07 Å². The first kappa shape index (κ1) is 17.0. The number of carboxylic acids is 2. The van der Waals surface area contributed by atoms with E-state index < -0.39 is 46.4 Å². The van der Waals surface area contributed by atoms with Crippen molar-refractivity contribution in [1.29, 1.82) is 0 Å². The SMILES string of the molecule is CC1(C)OC(=O)C(=CNc2cccc(C(=O)O)c2C(=O)O)C(=O)O1. The van der Waals surface area contributed by atoms with Crippen LogP contribution < -0.4 is 5.32 Å². The fourth-order valence-corrected chi connectivity index (χ4v) is 2.01. The molecule has 0 radical (unpaired) electrons. The first-order valence-corrected chi connectivity index (χ1v) is 6.65. The van der Waals surface area contributed by atoms with Gasteiger partial charge in [0.1, 0.15) is 0 Å². The Morgan fingerprint density at radius 3 is 2.17 bits per heavy atom. The molecule has 2 rings (SSSR count). The van der Waals surface area contributed by atoms with E-state index in [1.165, 1.54) is 26.0 Å². The van der Waals surface area contributed by atoms with E-state index in [-0.39, 0.29) is 5.69 Å². The molecular formula is C15H13NO8. The van der Waals surface area contributed by atoms with E-state index in [9.17, 15) is 24.3 Å². The molecule has 0 atom stereocenters. The summed E-state index contributed by atoms with van der Waals surface area (Å²) in [6.45, 7) is 2.76. The zero-order valence-electron chi connectivity index (χ0n) is 12.7. The lowest BCUT2D eigenvalue weighted by Crippen LogP contribution is -2.42. The van der Waals surface area contributed by atoms with Gasteiger partial charge in [-0.15, -0.1) is 0 Å². The molecule has 9 heteroatoms. The van der Waals surface area contributed by atoms with Crippen LogP contribution in [0.5, 0.6) is 0 Å². The summed E-state index contributed by atoms with van der Waals surface area (Å²) in [5.41, 5.74) is -1.55. The molecule has 0 aliphatic carbocycles. The van der Waals surface area contributed by atoms with Crippen LogP contribution in [0.4, 0.5) is 5.69 Å². The maximum atomic E-state index is 11.8. The number of ether oxygens (including phenoxy) is 2. The second kappa shape index (κ2) is 6.03. The molecule has 1 fully saturated rings. The quantitative estimate of drug-likeness (QED) is 0.421. The first-order chi connectivity index (χ1) is 11.1. The molecule has 1 saturated heterocycles. The van der Waals surface area contributed by atoms with Crippen LogP contribution in [0.15, 0.2) is 30.0 Å². The molecule has 0 bridgehead atoms. The van der Waals surface area contributed by atoms with Crippen LogP contribution in [-0.2, 0) is 19.1 Å². The number of hydrogen-bond acceptors (Lipinski definition) is 7. The molecule has 3 N–H and O–H groups in total. The molecule has 0 saturated carbocycles. The minimum atomic E-state index is -1.48. The fraction of sp³-hybridized carbons (Fsp3) is 0.200.